The number of rotatable bonds is 5. The van der Waals surface area contributed by atoms with E-state index in [1.807, 2.05) is 6.07 Å². The summed E-state index contributed by atoms with van der Waals surface area (Å²) in [6, 6.07) is 11.6. The SMILES string of the molecule is NC(=NCC1(c2cccc(F)c2)CC1)Nc1ccc(OC(F)(F)F)cc1. The zero-order chi connectivity index (χ0) is 18.8. The van der Waals surface area contributed by atoms with E-state index >= 15 is 0 Å². The zero-order valence-electron chi connectivity index (χ0n) is 13.7. The van der Waals surface area contributed by atoms with Crippen LogP contribution >= 0.6 is 0 Å². The lowest BCUT2D eigenvalue weighted by Crippen LogP contribution is -2.25. The summed E-state index contributed by atoms with van der Waals surface area (Å²) < 4.78 is 53.6. The fourth-order valence-corrected chi connectivity index (χ4v) is 2.67. The van der Waals surface area contributed by atoms with Gasteiger partial charge in [-0.2, -0.15) is 0 Å². The Kier molecular flexibility index (Phi) is 4.76. The highest BCUT2D eigenvalue weighted by Gasteiger charge is 2.44. The van der Waals surface area contributed by atoms with Gasteiger partial charge in [-0.05, 0) is 54.8 Å². The van der Waals surface area contributed by atoms with E-state index in [1.165, 1.54) is 36.4 Å². The van der Waals surface area contributed by atoms with Crippen molar-refractivity contribution < 1.29 is 22.3 Å². The summed E-state index contributed by atoms with van der Waals surface area (Å²) >= 11 is 0. The highest BCUT2D eigenvalue weighted by atomic mass is 19.4. The molecule has 1 saturated carbocycles. The number of nitrogens with one attached hydrogen (secondary N) is 1. The number of anilines is 1. The summed E-state index contributed by atoms with van der Waals surface area (Å²) in [6.07, 6.45) is -2.93. The quantitative estimate of drug-likeness (QED) is 0.473. The van der Waals surface area contributed by atoms with Crippen LogP contribution in [0.15, 0.2) is 53.5 Å². The van der Waals surface area contributed by atoms with Gasteiger partial charge >= 0.3 is 6.36 Å². The monoisotopic (exact) mass is 367 g/mol. The molecule has 0 unspecified atom stereocenters. The van der Waals surface area contributed by atoms with E-state index < -0.39 is 6.36 Å². The average Bonchev–Trinajstić information content (AvgIpc) is 3.35. The van der Waals surface area contributed by atoms with E-state index in [1.54, 1.807) is 6.07 Å². The number of guanidine groups is 1. The lowest BCUT2D eigenvalue weighted by Gasteiger charge is -2.14. The average molecular weight is 367 g/mol. The van der Waals surface area contributed by atoms with Crippen molar-refractivity contribution in [1.29, 1.82) is 0 Å². The first-order chi connectivity index (χ1) is 12.3. The number of aliphatic imine (C=N–C) groups is 1. The van der Waals surface area contributed by atoms with Crippen molar-refractivity contribution >= 4 is 11.6 Å². The molecule has 0 saturated heterocycles. The summed E-state index contributed by atoms with van der Waals surface area (Å²) in [6.45, 7) is 0.407. The number of nitrogens with zero attached hydrogens (tertiary/aromatic N) is 1. The highest BCUT2D eigenvalue weighted by molar-refractivity contribution is 5.92. The molecule has 2 aromatic rings. The topological polar surface area (TPSA) is 59.6 Å². The number of halogens is 4. The molecule has 3 rings (SSSR count). The van der Waals surface area contributed by atoms with Gasteiger partial charge in [-0.1, -0.05) is 12.1 Å². The Labute approximate surface area is 147 Å². The first-order valence-corrected chi connectivity index (χ1v) is 7.95. The van der Waals surface area contributed by atoms with Gasteiger partial charge in [-0.15, -0.1) is 13.2 Å². The molecule has 1 aliphatic carbocycles. The van der Waals surface area contributed by atoms with E-state index in [2.05, 4.69) is 15.0 Å². The molecule has 0 heterocycles. The van der Waals surface area contributed by atoms with Crippen molar-refractivity contribution in [3.8, 4) is 5.75 Å². The fraction of sp³-hybridized carbons (Fsp3) is 0.278. The largest absolute Gasteiger partial charge is 0.573 e. The van der Waals surface area contributed by atoms with Crippen molar-refractivity contribution in [2.45, 2.75) is 24.6 Å². The summed E-state index contributed by atoms with van der Waals surface area (Å²) in [5, 5.41) is 2.81. The number of benzene rings is 2. The molecule has 3 N–H and O–H groups in total. The predicted octanol–water partition coefficient (Wildman–Crippen LogP) is 4.18. The Hall–Kier alpha value is -2.77. The third kappa shape index (κ3) is 4.65. The van der Waals surface area contributed by atoms with E-state index in [4.69, 9.17) is 5.73 Å². The number of nitrogens with two attached hydrogens (primary N) is 1. The molecule has 26 heavy (non-hydrogen) atoms. The summed E-state index contributed by atoms with van der Waals surface area (Å²) in [5.41, 5.74) is 7.02. The molecule has 0 aliphatic heterocycles. The fourth-order valence-electron chi connectivity index (χ4n) is 2.67. The Morgan fingerprint density at radius 3 is 2.42 bits per heavy atom. The van der Waals surface area contributed by atoms with Crippen LogP contribution in [0.5, 0.6) is 5.75 Å². The van der Waals surface area contributed by atoms with Crippen LogP contribution in [0.25, 0.3) is 0 Å². The van der Waals surface area contributed by atoms with Crippen LogP contribution in [0.4, 0.5) is 23.2 Å². The predicted molar refractivity (Wildman–Crippen MR) is 90.5 cm³/mol. The van der Waals surface area contributed by atoms with Crippen LogP contribution in [-0.2, 0) is 5.41 Å². The number of alkyl halides is 3. The van der Waals surface area contributed by atoms with Crippen LogP contribution in [0.3, 0.4) is 0 Å². The molecule has 0 radical (unpaired) electrons. The normalized spacial score (nSPS) is 16.2. The molecule has 1 aliphatic rings. The van der Waals surface area contributed by atoms with Gasteiger partial charge in [0.15, 0.2) is 5.96 Å². The third-order valence-electron chi connectivity index (χ3n) is 4.20. The minimum Gasteiger partial charge on any atom is -0.406 e. The molecule has 0 atom stereocenters. The molecule has 0 aromatic heterocycles. The molecular formula is C18H17F4N3O. The molecular weight excluding hydrogens is 350 g/mol. The summed E-state index contributed by atoms with van der Waals surface area (Å²) in [5.74, 6) is -0.469. The van der Waals surface area contributed by atoms with Crippen LogP contribution in [0, 0.1) is 5.82 Å². The lowest BCUT2D eigenvalue weighted by atomic mass is 9.96. The number of hydrogen-bond donors (Lipinski definition) is 2. The van der Waals surface area contributed by atoms with Crippen molar-refractivity contribution in [2.75, 3.05) is 11.9 Å². The Bertz CT molecular complexity index is 799. The Balaban J connectivity index is 1.60. The van der Waals surface area contributed by atoms with Crippen molar-refractivity contribution in [3.05, 3.63) is 59.9 Å². The third-order valence-corrected chi connectivity index (χ3v) is 4.20. The van der Waals surface area contributed by atoms with Gasteiger partial charge in [0, 0.05) is 11.1 Å². The lowest BCUT2D eigenvalue weighted by molar-refractivity contribution is -0.274. The van der Waals surface area contributed by atoms with Crippen LogP contribution in [-0.4, -0.2) is 18.9 Å². The standard InChI is InChI=1S/C18H17F4N3O/c19-13-3-1-2-12(10-13)17(8-9-17)11-24-16(23)25-14-4-6-15(7-5-14)26-18(20,21)22/h1-7,10H,8-9,11H2,(H3,23,24,25). The minimum atomic E-state index is -4.73. The molecule has 1 fully saturated rings. The second kappa shape index (κ2) is 6.86. The van der Waals surface area contributed by atoms with Gasteiger partial charge in [0.1, 0.15) is 11.6 Å². The minimum absolute atomic E-state index is 0.136. The molecule has 138 valence electrons. The van der Waals surface area contributed by atoms with Gasteiger partial charge in [-0.25, -0.2) is 4.39 Å². The number of ether oxygens (including phenoxy) is 1. The number of hydrogen-bond acceptors (Lipinski definition) is 2. The van der Waals surface area contributed by atoms with E-state index in [-0.39, 0.29) is 22.9 Å². The van der Waals surface area contributed by atoms with Crippen molar-refractivity contribution in [3.63, 3.8) is 0 Å². The second-order valence-electron chi connectivity index (χ2n) is 6.19. The smallest absolute Gasteiger partial charge is 0.406 e. The van der Waals surface area contributed by atoms with Crippen LogP contribution in [0.1, 0.15) is 18.4 Å². The van der Waals surface area contributed by atoms with Gasteiger partial charge in [-0.3, -0.25) is 4.99 Å². The Morgan fingerprint density at radius 1 is 1.15 bits per heavy atom. The molecule has 2 aromatic carbocycles. The summed E-state index contributed by atoms with van der Waals surface area (Å²) in [4.78, 5) is 4.29. The second-order valence-corrected chi connectivity index (χ2v) is 6.19. The maximum atomic E-state index is 13.4. The molecule has 8 heteroatoms. The maximum Gasteiger partial charge on any atom is 0.573 e. The van der Waals surface area contributed by atoms with Crippen LogP contribution < -0.4 is 15.8 Å². The van der Waals surface area contributed by atoms with Gasteiger partial charge in [0.25, 0.3) is 0 Å². The maximum absolute atomic E-state index is 13.4. The highest BCUT2D eigenvalue weighted by Crippen LogP contribution is 2.48. The van der Waals surface area contributed by atoms with E-state index in [0.29, 0.717) is 12.2 Å². The first-order valence-electron chi connectivity index (χ1n) is 7.95. The summed E-state index contributed by atoms with van der Waals surface area (Å²) in [7, 11) is 0. The first kappa shape index (κ1) is 18.0. The molecule has 4 nitrogen and oxygen atoms in total. The van der Waals surface area contributed by atoms with Gasteiger partial charge in [0.05, 0.1) is 6.54 Å². The molecule has 0 bridgehead atoms. The van der Waals surface area contributed by atoms with E-state index in [0.717, 1.165) is 18.4 Å². The van der Waals surface area contributed by atoms with Crippen molar-refractivity contribution in [2.24, 2.45) is 10.7 Å². The van der Waals surface area contributed by atoms with Gasteiger partial charge < -0.3 is 15.8 Å². The Morgan fingerprint density at radius 2 is 1.85 bits per heavy atom. The van der Waals surface area contributed by atoms with Gasteiger partial charge in [0.2, 0.25) is 0 Å². The van der Waals surface area contributed by atoms with Crippen LogP contribution in [0.2, 0.25) is 0 Å². The molecule has 0 amide bonds. The molecule has 0 spiro atoms. The zero-order valence-corrected chi connectivity index (χ0v) is 13.7. The van der Waals surface area contributed by atoms with E-state index in [9.17, 15) is 17.6 Å². The van der Waals surface area contributed by atoms with Crippen molar-refractivity contribution in [1.82, 2.24) is 0 Å².